The molecule has 0 aromatic carbocycles. The van der Waals surface area contributed by atoms with Gasteiger partial charge in [0, 0.05) is 42.4 Å². The monoisotopic (exact) mass is 520 g/mol. The van der Waals surface area contributed by atoms with E-state index in [4.69, 9.17) is 0 Å². The standard InChI is InChI=1S/C21H16F4N8O2S/c22-5-15(33-9-12(7-30-33)16-13-1-3-27-17(13)29-10-28-16)11-2-4-32(8-11)18-14(6-26)31-20(36-18)35-19(34)21(23,24)25/h1,3,7,9-11,15H,2,4-5,8H2,(H,27,28,29)/t11-,15?/m0/s1. The summed E-state index contributed by atoms with van der Waals surface area (Å²) in [6.45, 7) is 0.0167. The van der Waals surface area contributed by atoms with Crippen LogP contribution in [-0.2, 0) is 4.79 Å². The zero-order valence-electron chi connectivity index (χ0n) is 18.2. The summed E-state index contributed by atoms with van der Waals surface area (Å²) in [5.41, 5.74) is 1.85. The first-order chi connectivity index (χ1) is 17.3. The quantitative estimate of drug-likeness (QED) is 0.302. The number of nitrogens with one attached hydrogen (secondary N) is 1. The van der Waals surface area contributed by atoms with Gasteiger partial charge in [-0.3, -0.25) is 4.68 Å². The Kier molecular flexibility index (Phi) is 6.04. The molecule has 186 valence electrons. The highest BCUT2D eigenvalue weighted by Gasteiger charge is 2.42. The first-order valence-corrected chi connectivity index (χ1v) is 11.4. The largest absolute Gasteiger partial charge is 0.491 e. The maximum absolute atomic E-state index is 14.2. The number of halogens is 4. The molecule has 5 heterocycles. The number of hydrogen-bond donors (Lipinski definition) is 1. The molecule has 1 aliphatic heterocycles. The van der Waals surface area contributed by atoms with Gasteiger partial charge in [-0.05, 0) is 12.5 Å². The van der Waals surface area contributed by atoms with Crippen molar-refractivity contribution in [3.63, 3.8) is 0 Å². The number of hydrogen-bond acceptors (Lipinski definition) is 9. The Morgan fingerprint density at radius 1 is 1.39 bits per heavy atom. The van der Waals surface area contributed by atoms with Crippen LogP contribution in [0.5, 0.6) is 5.19 Å². The molecular weight excluding hydrogens is 504 g/mol. The second kappa shape index (κ2) is 9.19. The topological polar surface area (TPSA) is 126 Å². The Morgan fingerprint density at radius 2 is 2.22 bits per heavy atom. The smallest absolute Gasteiger partial charge is 0.391 e. The number of nitriles is 1. The average molecular weight is 520 g/mol. The van der Waals surface area contributed by atoms with Gasteiger partial charge < -0.3 is 14.6 Å². The summed E-state index contributed by atoms with van der Waals surface area (Å²) in [5.74, 6) is -2.63. The zero-order valence-corrected chi connectivity index (χ0v) is 19.1. The van der Waals surface area contributed by atoms with Gasteiger partial charge in [-0.15, -0.1) is 0 Å². The summed E-state index contributed by atoms with van der Waals surface area (Å²) in [7, 11) is 0. The van der Waals surface area contributed by atoms with Crippen molar-refractivity contribution in [3.8, 4) is 22.5 Å². The number of H-pyrrole nitrogens is 1. The molecule has 10 nitrogen and oxygen atoms in total. The normalized spacial score (nSPS) is 16.9. The molecular formula is C21H16F4N8O2S. The number of aromatic nitrogens is 6. The van der Waals surface area contributed by atoms with Crippen LogP contribution < -0.4 is 9.64 Å². The number of anilines is 1. The van der Waals surface area contributed by atoms with Crippen molar-refractivity contribution in [2.75, 3.05) is 24.7 Å². The third-order valence-electron chi connectivity index (χ3n) is 5.89. The van der Waals surface area contributed by atoms with E-state index in [1.54, 1.807) is 28.2 Å². The van der Waals surface area contributed by atoms with E-state index in [0.717, 1.165) is 5.39 Å². The van der Waals surface area contributed by atoms with E-state index in [0.29, 0.717) is 47.8 Å². The van der Waals surface area contributed by atoms with Gasteiger partial charge in [-0.1, -0.05) is 11.3 Å². The summed E-state index contributed by atoms with van der Waals surface area (Å²) in [5, 5.41) is 14.2. The number of carbonyl (C=O) groups excluding carboxylic acids is 1. The number of esters is 1. The van der Waals surface area contributed by atoms with Crippen LogP contribution in [0.1, 0.15) is 18.2 Å². The highest BCUT2D eigenvalue weighted by Crippen LogP contribution is 2.39. The Labute approximate surface area is 204 Å². The van der Waals surface area contributed by atoms with Crippen LogP contribution in [0.4, 0.5) is 22.6 Å². The number of carbonyl (C=O) groups is 1. The minimum Gasteiger partial charge on any atom is -0.391 e. The highest BCUT2D eigenvalue weighted by atomic mass is 32.1. The third kappa shape index (κ3) is 4.35. The summed E-state index contributed by atoms with van der Waals surface area (Å²) >= 11 is 0.662. The van der Waals surface area contributed by atoms with Gasteiger partial charge >= 0.3 is 12.1 Å². The number of nitrogens with zero attached hydrogens (tertiary/aromatic N) is 7. The van der Waals surface area contributed by atoms with Crippen molar-refractivity contribution in [1.82, 2.24) is 29.7 Å². The van der Waals surface area contributed by atoms with E-state index in [1.807, 2.05) is 12.1 Å². The molecule has 1 unspecified atom stereocenters. The van der Waals surface area contributed by atoms with Crippen LogP contribution in [0.2, 0.25) is 0 Å². The van der Waals surface area contributed by atoms with Crippen molar-refractivity contribution in [2.24, 2.45) is 5.92 Å². The van der Waals surface area contributed by atoms with E-state index in [9.17, 15) is 27.6 Å². The molecule has 1 fully saturated rings. The summed E-state index contributed by atoms with van der Waals surface area (Å²) < 4.78 is 57.6. The molecule has 0 aliphatic carbocycles. The minimum absolute atomic E-state index is 0.164. The third-order valence-corrected chi connectivity index (χ3v) is 6.88. The van der Waals surface area contributed by atoms with Crippen LogP contribution >= 0.6 is 11.3 Å². The van der Waals surface area contributed by atoms with Crippen LogP contribution in [0.3, 0.4) is 0 Å². The van der Waals surface area contributed by atoms with E-state index >= 15 is 0 Å². The van der Waals surface area contributed by atoms with Crippen LogP contribution in [0.25, 0.3) is 22.3 Å². The summed E-state index contributed by atoms with van der Waals surface area (Å²) in [4.78, 5) is 28.0. The van der Waals surface area contributed by atoms with Crippen molar-refractivity contribution < 1.29 is 27.1 Å². The van der Waals surface area contributed by atoms with Gasteiger partial charge in [0.05, 0.1) is 17.9 Å². The van der Waals surface area contributed by atoms with Gasteiger partial charge in [0.15, 0.2) is 5.69 Å². The fourth-order valence-electron chi connectivity index (χ4n) is 4.20. The van der Waals surface area contributed by atoms with Gasteiger partial charge in [0.2, 0.25) is 0 Å². The van der Waals surface area contributed by atoms with Gasteiger partial charge in [-0.25, -0.2) is 19.2 Å². The lowest BCUT2D eigenvalue weighted by Gasteiger charge is -2.22. The summed E-state index contributed by atoms with van der Waals surface area (Å²) in [6.07, 6.45) is 1.84. The van der Waals surface area contributed by atoms with Gasteiger partial charge in [0.1, 0.15) is 29.7 Å². The Balaban J connectivity index is 1.34. The maximum atomic E-state index is 14.2. The molecule has 0 amide bonds. The molecule has 15 heteroatoms. The first kappa shape index (κ1) is 23.7. The first-order valence-electron chi connectivity index (χ1n) is 10.6. The van der Waals surface area contributed by atoms with Crippen molar-refractivity contribution >= 4 is 33.3 Å². The second-order valence-corrected chi connectivity index (χ2v) is 8.96. The van der Waals surface area contributed by atoms with Crippen LogP contribution in [0.15, 0.2) is 31.0 Å². The average Bonchev–Trinajstić information content (AvgIpc) is 3.64. The fourth-order valence-corrected chi connectivity index (χ4v) is 5.11. The predicted molar refractivity (Wildman–Crippen MR) is 119 cm³/mol. The molecule has 4 aromatic rings. The minimum atomic E-state index is -5.19. The number of alkyl halides is 4. The SMILES string of the molecule is N#Cc1nc(OC(=O)C(F)(F)F)sc1N1CC[C@H](C(CF)n2cc(-c3ncnc4[nH]ccc34)cn2)C1. The molecule has 0 radical (unpaired) electrons. The number of ether oxygens (including phenoxy) is 1. The molecule has 1 N–H and O–H groups in total. The van der Waals surface area contributed by atoms with E-state index < -0.39 is 30.1 Å². The number of aromatic amines is 1. The lowest BCUT2D eigenvalue weighted by atomic mass is 10.0. The Hall–Kier alpha value is -4.06. The molecule has 0 bridgehead atoms. The molecule has 0 saturated carbocycles. The molecule has 1 aliphatic rings. The fraction of sp³-hybridized carbons (Fsp3) is 0.333. The van der Waals surface area contributed by atoms with Crippen LogP contribution in [-0.4, -0.2) is 61.6 Å². The molecule has 1 saturated heterocycles. The van der Waals surface area contributed by atoms with Crippen LogP contribution in [0, 0.1) is 17.2 Å². The lowest BCUT2D eigenvalue weighted by molar-refractivity contribution is -0.189. The highest BCUT2D eigenvalue weighted by molar-refractivity contribution is 7.17. The van der Waals surface area contributed by atoms with Crippen molar-refractivity contribution in [3.05, 3.63) is 36.7 Å². The van der Waals surface area contributed by atoms with Crippen molar-refractivity contribution in [2.45, 2.75) is 18.6 Å². The Bertz CT molecular complexity index is 1460. The van der Waals surface area contributed by atoms with E-state index in [-0.39, 0.29) is 16.6 Å². The Morgan fingerprint density at radius 3 is 2.97 bits per heavy atom. The molecule has 2 atom stereocenters. The van der Waals surface area contributed by atoms with Gasteiger partial charge in [-0.2, -0.15) is 28.5 Å². The lowest BCUT2D eigenvalue weighted by Crippen LogP contribution is -2.27. The second-order valence-electron chi connectivity index (χ2n) is 8.02. The number of rotatable bonds is 6. The number of thiazole rings is 1. The predicted octanol–water partition coefficient (Wildman–Crippen LogP) is 3.65. The molecule has 5 rings (SSSR count). The van der Waals surface area contributed by atoms with Gasteiger partial charge in [0.25, 0.3) is 5.19 Å². The molecule has 0 spiro atoms. The van der Waals surface area contributed by atoms with E-state index in [2.05, 4.69) is 29.8 Å². The maximum Gasteiger partial charge on any atom is 0.491 e. The summed E-state index contributed by atoms with van der Waals surface area (Å²) in [6, 6.07) is 3.03. The number of fused-ring (bicyclic) bond motifs is 1. The zero-order chi connectivity index (χ0) is 25.4. The van der Waals surface area contributed by atoms with E-state index in [1.165, 1.54) is 6.33 Å². The van der Waals surface area contributed by atoms with Crippen molar-refractivity contribution in [1.29, 1.82) is 5.26 Å². The molecule has 4 aromatic heterocycles. The molecule has 36 heavy (non-hydrogen) atoms.